The molecule has 3 N–H and O–H groups in total. The van der Waals surface area contributed by atoms with Gasteiger partial charge in [0.25, 0.3) is 5.91 Å². The summed E-state index contributed by atoms with van der Waals surface area (Å²) < 4.78 is 5.82. The lowest BCUT2D eigenvalue weighted by atomic mass is 10.2. The summed E-state index contributed by atoms with van der Waals surface area (Å²) in [7, 11) is 0. The molecule has 4 nitrogen and oxygen atoms in total. The van der Waals surface area contributed by atoms with Crippen molar-refractivity contribution in [3.63, 3.8) is 0 Å². The molecule has 0 aliphatic carbocycles. The molecule has 2 aromatic rings. The third kappa shape index (κ3) is 3.99. The predicted molar refractivity (Wildman–Crippen MR) is 85.4 cm³/mol. The van der Waals surface area contributed by atoms with Crippen LogP contribution in [0.1, 0.15) is 18.9 Å². The summed E-state index contributed by atoms with van der Waals surface area (Å²) in [5.74, 6) is 0.554. The van der Waals surface area contributed by atoms with Crippen molar-refractivity contribution >= 4 is 17.3 Å². The number of carbonyl (C=O) groups is 1. The minimum atomic E-state index is -0.535. The Kier molecular flexibility index (Phi) is 4.82. The van der Waals surface area contributed by atoms with Crippen LogP contribution in [0.3, 0.4) is 0 Å². The van der Waals surface area contributed by atoms with Crippen LogP contribution < -0.4 is 15.8 Å². The van der Waals surface area contributed by atoms with E-state index in [1.807, 2.05) is 38.1 Å². The van der Waals surface area contributed by atoms with Gasteiger partial charge in [0, 0.05) is 11.4 Å². The van der Waals surface area contributed by atoms with Crippen molar-refractivity contribution in [1.82, 2.24) is 0 Å². The van der Waals surface area contributed by atoms with Crippen LogP contribution in [0, 0.1) is 6.92 Å². The Hall–Kier alpha value is -2.49. The number of hydrogen-bond donors (Lipinski definition) is 2. The second kappa shape index (κ2) is 6.79. The Morgan fingerprint density at radius 2 is 2.00 bits per heavy atom. The van der Waals surface area contributed by atoms with E-state index in [0.717, 1.165) is 11.3 Å². The summed E-state index contributed by atoms with van der Waals surface area (Å²) in [4.78, 5) is 12.3. The summed E-state index contributed by atoms with van der Waals surface area (Å²) in [6, 6.07) is 14.8. The van der Waals surface area contributed by atoms with Crippen LogP contribution in [-0.2, 0) is 4.79 Å². The zero-order valence-corrected chi connectivity index (χ0v) is 12.3. The van der Waals surface area contributed by atoms with E-state index in [4.69, 9.17) is 10.5 Å². The molecule has 1 atom stereocenters. The van der Waals surface area contributed by atoms with Crippen LogP contribution in [0.25, 0.3) is 0 Å². The number of nitrogens with two attached hydrogens (primary N) is 1. The quantitative estimate of drug-likeness (QED) is 0.827. The van der Waals surface area contributed by atoms with Gasteiger partial charge >= 0.3 is 0 Å². The monoisotopic (exact) mass is 284 g/mol. The normalized spacial score (nSPS) is 11.7. The van der Waals surface area contributed by atoms with E-state index in [1.165, 1.54) is 0 Å². The Morgan fingerprint density at radius 1 is 1.24 bits per heavy atom. The molecule has 0 bridgehead atoms. The fraction of sp³-hybridized carbons (Fsp3) is 0.235. The van der Waals surface area contributed by atoms with Crippen molar-refractivity contribution in [3.05, 3.63) is 54.1 Å². The van der Waals surface area contributed by atoms with Crippen LogP contribution in [0.2, 0.25) is 0 Å². The number of rotatable bonds is 5. The summed E-state index contributed by atoms with van der Waals surface area (Å²) >= 11 is 0. The highest BCUT2D eigenvalue weighted by molar-refractivity contribution is 5.94. The molecule has 0 radical (unpaired) electrons. The highest BCUT2D eigenvalue weighted by Crippen LogP contribution is 2.20. The van der Waals surface area contributed by atoms with Gasteiger partial charge in [0.2, 0.25) is 0 Å². The first-order valence-corrected chi connectivity index (χ1v) is 6.99. The molecule has 1 unspecified atom stereocenters. The Morgan fingerprint density at radius 3 is 2.67 bits per heavy atom. The van der Waals surface area contributed by atoms with Gasteiger partial charge in [0.05, 0.1) is 0 Å². The number of nitrogens with one attached hydrogen (secondary N) is 1. The number of hydrogen-bond acceptors (Lipinski definition) is 3. The van der Waals surface area contributed by atoms with Crippen LogP contribution in [0.5, 0.6) is 5.75 Å². The lowest BCUT2D eigenvalue weighted by Crippen LogP contribution is -2.32. The molecule has 0 aliphatic heterocycles. The van der Waals surface area contributed by atoms with Gasteiger partial charge in [-0.1, -0.05) is 31.2 Å². The zero-order valence-electron chi connectivity index (χ0n) is 12.3. The van der Waals surface area contributed by atoms with Crippen molar-refractivity contribution < 1.29 is 9.53 Å². The first kappa shape index (κ1) is 14.9. The molecule has 2 rings (SSSR count). The van der Waals surface area contributed by atoms with Crippen molar-refractivity contribution in [3.8, 4) is 5.75 Å². The fourth-order valence-electron chi connectivity index (χ4n) is 2.00. The minimum Gasteiger partial charge on any atom is -0.480 e. The maximum atomic E-state index is 12.3. The smallest absolute Gasteiger partial charge is 0.265 e. The molecule has 2 aromatic carbocycles. The number of carbonyl (C=O) groups excluding carboxylic acids is 1. The maximum Gasteiger partial charge on any atom is 0.265 e. The molecule has 0 spiro atoms. The first-order chi connectivity index (χ1) is 10.1. The van der Waals surface area contributed by atoms with Crippen LogP contribution in [0.15, 0.2) is 48.5 Å². The van der Waals surface area contributed by atoms with E-state index in [-0.39, 0.29) is 5.91 Å². The number of aryl methyl sites for hydroxylation is 1. The Balaban J connectivity index is 2.07. The van der Waals surface area contributed by atoms with Crippen molar-refractivity contribution in [2.75, 3.05) is 11.1 Å². The molecule has 0 aromatic heterocycles. The van der Waals surface area contributed by atoms with Crippen LogP contribution in [0.4, 0.5) is 11.4 Å². The van der Waals surface area contributed by atoms with Gasteiger partial charge in [-0.15, -0.1) is 0 Å². The summed E-state index contributed by atoms with van der Waals surface area (Å²) in [5.41, 5.74) is 8.00. The second-order valence-electron chi connectivity index (χ2n) is 4.89. The number of para-hydroxylation sites is 1. The molecular formula is C17H20N2O2. The van der Waals surface area contributed by atoms with Crippen LogP contribution >= 0.6 is 0 Å². The lowest BCUT2D eigenvalue weighted by Gasteiger charge is -2.18. The predicted octanol–water partition coefficient (Wildman–Crippen LogP) is 3.37. The number of ether oxygens (including phenoxy) is 1. The standard InChI is InChI=1S/C17H20N2O2/c1-3-15(21-16-10-5-4-7-12(16)2)17(20)19-14-9-6-8-13(18)11-14/h4-11,15H,3,18H2,1-2H3,(H,19,20). The van der Waals surface area contributed by atoms with Crippen molar-refractivity contribution in [2.45, 2.75) is 26.4 Å². The molecular weight excluding hydrogens is 264 g/mol. The average Bonchev–Trinajstić information content (AvgIpc) is 2.46. The number of anilines is 2. The lowest BCUT2D eigenvalue weighted by molar-refractivity contribution is -0.122. The molecule has 0 aliphatic rings. The van der Waals surface area contributed by atoms with E-state index in [1.54, 1.807) is 24.3 Å². The highest BCUT2D eigenvalue weighted by Gasteiger charge is 2.19. The van der Waals surface area contributed by atoms with E-state index in [9.17, 15) is 4.79 Å². The molecule has 0 saturated carbocycles. The Labute approximate surface area is 124 Å². The van der Waals surface area contributed by atoms with Gasteiger partial charge < -0.3 is 15.8 Å². The Bertz CT molecular complexity index is 626. The SMILES string of the molecule is CCC(Oc1ccccc1C)C(=O)Nc1cccc(N)c1. The zero-order chi connectivity index (χ0) is 15.2. The fourth-order valence-corrected chi connectivity index (χ4v) is 2.00. The second-order valence-corrected chi connectivity index (χ2v) is 4.89. The van der Waals surface area contributed by atoms with Gasteiger partial charge in [-0.05, 0) is 43.2 Å². The molecule has 110 valence electrons. The summed E-state index contributed by atoms with van der Waals surface area (Å²) in [6.45, 7) is 3.87. The molecule has 0 heterocycles. The van der Waals surface area contributed by atoms with Gasteiger partial charge in [0.15, 0.2) is 6.10 Å². The summed E-state index contributed by atoms with van der Waals surface area (Å²) in [6.07, 6.45) is 0.0511. The van der Waals surface area contributed by atoms with E-state index < -0.39 is 6.10 Å². The average molecular weight is 284 g/mol. The molecule has 1 amide bonds. The van der Waals surface area contributed by atoms with Gasteiger partial charge in [-0.25, -0.2) is 0 Å². The third-order valence-corrected chi connectivity index (χ3v) is 3.18. The van der Waals surface area contributed by atoms with Gasteiger partial charge in [0.1, 0.15) is 5.75 Å². The number of amides is 1. The third-order valence-electron chi connectivity index (χ3n) is 3.18. The maximum absolute atomic E-state index is 12.3. The van der Waals surface area contributed by atoms with Crippen LogP contribution in [-0.4, -0.2) is 12.0 Å². The largest absolute Gasteiger partial charge is 0.480 e. The van der Waals surface area contributed by atoms with E-state index >= 15 is 0 Å². The highest BCUT2D eigenvalue weighted by atomic mass is 16.5. The van der Waals surface area contributed by atoms with Gasteiger partial charge in [-0.2, -0.15) is 0 Å². The van der Waals surface area contributed by atoms with E-state index in [0.29, 0.717) is 17.8 Å². The van der Waals surface area contributed by atoms with Gasteiger partial charge in [-0.3, -0.25) is 4.79 Å². The molecule has 0 fully saturated rings. The molecule has 21 heavy (non-hydrogen) atoms. The van der Waals surface area contributed by atoms with Crippen molar-refractivity contribution in [1.29, 1.82) is 0 Å². The van der Waals surface area contributed by atoms with E-state index in [2.05, 4.69) is 5.32 Å². The number of benzene rings is 2. The topological polar surface area (TPSA) is 64.3 Å². The van der Waals surface area contributed by atoms with Crippen molar-refractivity contribution in [2.24, 2.45) is 0 Å². The first-order valence-electron chi connectivity index (χ1n) is 6.99. The summed E-state index contributed by atoms with van der Waals surface area (Å²) in [5, 5.41) is 2.83. The molecule has 0 saturated heterocycles. The minimum absolute atomic E-state index is 0.175. The molecule has 4 heteroatoms. The number of nitrogen functional groups attached to an aromatic ring is 1.